The average Bonchev–Trinajstić information content (AvgIpc) is 2.92. The number of hydrogen-bond donors (Lipinski definition) is 2. The first kappa shape index (κ1) is 22.6. The Hall–Kier alpha value is -1.48. The minimum Gasteiger partial charge on any atom is -0.329 e. The van der Waals surface area contributed by atoms with Gasteiger partial charge in [0.05, 0.1) is 11.1 Å². The molecule has 1 unspecified atom stereocenters. The summed E-state index contributed by atoms with van der Waals surface area (Å²) in [6.45, 7) is 7.72. The number of halogens is 2. The largest absolute Gasteiger partial charge is 0.329 e. The molecule has 0 aliphatic carbocycles. The Labute approximate surface area is 160 Å². The van der Waals surface area contributed by atoms with Gasteiger partial charge in [-0.1, -0.05) is 13.8 Å². The lowest BCUT2D eigenvalue weighted by Crippen LogP contribution is -2.52. The first-order valence-electron chi connectivity index (χ1n) is 8.11. The van der Waals surface area contributed by atoms with Crippen LogP contribution in [-0.2, 0) is 10.0 Å². The molecule has 1 aromatic carbocycles. The summed E-state index contributed by atoms with van der Waals surface area (Å²) >= 11 is 0. The molecule has 0 aliphatic heterocycles. The Morgan fingerprint density at radius 3 is 2.50 bits per heavy atom. The second-order valence-corrected chi connectivity index (χ2v) is 8.73. The topological polar surface area (TPSA) is 90.0 Å². The van der Waals surface area contributed by atoms with E-state index in [-0.39, 0.29) is 35.5 Å². The predicted octanol–water partition coefficient (Wildman–Crippen LogP) is 2.78. The molecular formula is C17H26ClFN4O2S. The Bertz CT molecular complexity index is 854. The number of nitrogens with zero attached hydrogens (tertiary/aromatic N) is 2. The third kappa shape index (κ3) is 5.26. The van der Waals surface area contributed by atoms with Crippen LogP contribution in [0.2, 0.25) is 0 Å². The van der Waals surface area contributed by atoms with E-state index in [0.717, 1.165) is 11.6 Å². The number of benzene rings is 1. The van der Waals surface area contributed by atoms with E-state index in [4.69, 9.17) is 5.73 Å². The monoisotopic (exact) mass is 404 g/mol. The summed E-state index contributed by atoms with van der Waals surface area (Å²) in [6, 6.07) is 3.77. The van der Waals surface area contributed by atoms with E-state index < -0.39 is 21.4 Å². The van der Waals surface area contributed by atoms with E-state index in [0.29, 0.717) is 6.42 Å². The van der Waals surface area contributed by atoms with Crippen molar-refractivity contribution in [3.8, 4) is 5.69 Å². The van der Waals surface area contributed by atoms with Gasteiger partial charge < -0.3 is 5.73 Å². The van der Waals surface area contributed by atoms with Crippen LogP contribution in [0.15, 0.2) is 35.5 Å². The van der Waals surface area contributed by atoms with E-state index in [2.05, 4.69) is 9.82 Å². The molecule has 1 heterocycles. The Morgan fingerprint density at radius 1 is 1.38 bits per heavy atom. The van der Waals surface area contributed by atoms with Crippen LogP contribution in [0.5, 0.6) is 0 Å². The van der Waals surface area contributed by atoms with Gasteiger partial charge in [-0.05, 0) is 49.9 Å². The summed E-state index contributed by atoms with van der Waals surface area (Å²) in [4.78, 5) is -0.138. The van der Waals surface area contributed by atoms with Crippen LogP contribution in [0.1, 0.15) is 32.8 Å². The summed E-state index contributed by atoms with van der Waals surface area (Å²) < 4.78 is 43.7. The molecule has 0 bridgehead atoms. The van der Waals surface area contributed by atoms with Gasteiger partial charge in [0.2, 0.25) is 10.0 Å². The second kappa shape index (κ2) is 8.47. The van der Waals surface area contributed by atoms with Gasteiger partial charge in [-0.3, -0.25) is 0 Å². The summed E-state index contributed by atoms with van der Waals surface area (Å²) in [5, 5.41) is 4.04. The lowest BCUT2D eigenvalue weighted by Gasteiger charge is -2.30. The summed E-state index contributed by atoms with van der Waals surface area (Å²) in [5.41, 5.74) is 6.04. The van der Waals surface area contributed by atoms with Crippen LogP contribution in [0.25, 0.3) is 5.69 Å². The van der Waals surface area contributed by atoms with E-state index in [1.807, 2.05) is 20.8 Å². The molecule has 0 amide bonds. The highest BCUT2D eigenvalue weighted by molar-refractivity contribution is 7.89. The fourth-order valence-corrected chi connectivity index (χ4v) is 4.28. The number of sulfonamides is 1. The maximum atomic E-state index is 14.4. The van der Waals surface area contributed by atoms with E-state index in [1.54, 1.807) is 19.3 Å². The van der Waals surface area contributed by atoms with Gasteiger partial charge in [-0.25, -0.2) is 22.2 Å². The standard InChI is InChI=1S/C17H25FN4O2S.ClH/c1-12(2)8-17(4,11-19)21-25(23,24)14-5-6-16(15(18)7-14)22-10-13(3)9-20-22;/h5-7,9-10,12,21H,8,11,19H2,1-4H3;1H. The molecule has 0 spiro atoms. The molecule has 26 heavy (non-hydrogen) atoms. The third-order valence-electron chi connectivity index (χ3n) is 3.88. The Morgan fingerprint density at radius 2 is 2.04 bits per heavy atom. The first-order chi connectivity index (χ1) is 11.6. The average molecular weight is 405 g/mol. The predicted molar refractivity (Wildman–Crippen MR) is 103 cm³/mol. The van der Waals surface area contributed by atoms with Crippen LogP contribution >= 0.6 is 12.4 Å². The molecule has 3 N–H and O–H groups in total. The molecule has 0 aliphatic rings. The van der Waals surface area contributed by atoms with Crippen LogP contribution in [-0.4, -0.2) is 30.3 Å². The van der Waals surface area contributed by atoms with E-state index in [9.17, 15) is 12.8 Å². The molecule has 2 aromatic rings. The van der Waals surface area contributed by atoms with Crippen molar-refractivity contribution < 1.29 is 12.8 Å². The van der Waals surface area contributed by atoms with Crippen LogP contribution in [0, 0.1) is 18.7 Å². The Balaban J connectivity index is 0.00000338. The molecular weight excluding hydrogens is 379 g/mol. The molecule has 6 nitrogen and oxygen atoms in total. The molecule has 2 rings (SSSR count). The maximum Gasteiger partial charge on any atom is 0.241 e. The van der Waals surface area contributed by atoms with Gasteiger partial charge in [-0.2, -0.15) is 5.10 Å². The lowest BCUT2D eigenvalue weighted by molar-refractivity contribution is 0.344. The number of aryl methyl sites for hydroxylation is 1. The fraction of sp³-hybridized carbons (Fsp3) is 0.471. The van der Waals surface area contributed by atoms with Crippen molar-refractivity contribution >= 4 is 22.4 Å². The van der Waals surface area contributed by atoms with Crippen molar-refractivity contribution in [2.24, 2.45) is 11.7 Å². The maximum absolute atomic E-state index is 14.4. The van der Waals surface area contributed by atoms with Crippen LogP contribution in [0.3, 0.4) is 0 Å². The zero-order valence-electron chi connectivity index (χ0n) is 15.4. The van der Waals surface area contributed by atoms with Crippen molar-refractivity contribution in [3.05, 3.63) is 42.0 Å². The smallest absolute Gasteiger partial charge is 0.241 e. The summed E-state index contributed by atoms with van der Waals surface area (Å²) in [6.07, 6.45) is 3.85. The molecule has 1 aromatic heterocycles. The molecule has 9 heteroatoms. The summed E-state index contributed by atoms with van der Waals surface area (Å²) in [7, 11) is -3.89. The second-order valence-electron chi connectivity index (χ2n) is 7.04. The molecule has 0 saturated carbocycles. The van der Waals surface area contributed by atoms with Gasteiger partial charge in [0.25, 0.3) is 0 Å². The van der Waals surface area contributed by atoms with Crippen molar-refractivity contribution in [1.29, 1.82) is 0 Å². The zero-order chi connectivity index (χ0) is 18.8. The number of nitrogens with two attached hydrogens (primary N) is 1. The highest BCUT2D eigenvalue weighted by Gasteiger charge is 2.30. The van der Waals surface area contributed by atoms with Crippen molar-refractivity contribution in [2.45, 2.75) is 44.6 Å². The van der Waals surface area contributed by atoms with Gasteiger partial charge in [0.1, 0.15) is 11.5 Å². The molecule has 0 radical (unpaired) electrons. The molecule has 1 atom stereocenters. The summed E-state index contributed by atoms with van der Waals surface area (Å²) in [5.74, 6) is -0.400. The highest BCUT2D eigenvalue weighted by atomic mass is 35.5. The minimum absolute atomic E-state index is 0. The normalized spacial score (nSPS) is 14.1. The lowest BCUT2D eigenvalue weighted by atomic mass is 9.92. The number of aromatic nitrogens is 2. The highest BCUT2D eigenvalue weighted by Crippen LogP contribution is 2.22. The fourth-order valence-electron chi connectivity index (χ4n) is 2.84. The molecule has 146 valence electrons. The van der Waals surface area contributed by atoms with Gasteiger partial charge in [-0.15, -0.1) is 12.4 Å². The zero-order valence-corrected chi connectivity index (χ0v) is 17.0. The van der Waals surface area contributed by atoms with E-state index >= 15 is 0 Å². The van der Waals surface area contributed by atoms with E-state index in [1.165, 1.54) is 16.8 Å². The van der Waals surface area contributed by atoms with Crippen LogP contribution in [0.4, 0.5) is 4.39 Å². The van der Waals surface area contributed by atoms with Crippen LogP contribution < -0.4 is 10.5 Å². The van der Waals surface area contributed by atoms with Gasteiger partial charge in [0.15, 0.2) is 0 Å². The van der Waals surface area contributed by atoms with Gasteiger partial charge >= 0.3 is 0 Å². The van der Waals surface area contributed by atoms with Crippen molar-refractivity contribution in [3.63, 3.8) is 0 Å². The number of nitrogens with one attached hydrogen (secondary N) is 1. The Kier molecular flexibility index (Phi) is 7.35. The number of rotatable bonds is 7. The SMILES string of the molecule is Cc1cnn(-c2ccc(S(=O)(=O)NC(C)(CN)CC(C)C)cc2F)c1.Cl. The van der Waals surface area contributed by atoms with Crippen molar-refractivity contribution in [2.75, 3.05) is 6.54 Å². The molecule has 0 saturated heterocycles. The first-order valence-corrected chi connectivity index (χ1v) is 9.60. The quantitative estimate of drug-likeness (QED) is 0.742. The minimum atomic E-state index is -3.89. The molecule has 0 fully saturated rings. The third-order valence-corrected chi connectivity index (χ3v) is 5.51. The van der Waals surface area contributed by atoms with Gasteiger partial charge in [0, 0.05) is 18.3 Å². The number of hydrogen-bond acceptors (Lipinski definition) is 4. The van der Waals surface area contributed by atoms with Crippen molar-refractivity contribution in [1.82, 2.24) is 14.5 Å².